The third-order valence-electron chi connectivity index (χ3n) is 2.19. The molecule has 0 amide bonds. The summed E-state index contributed by atoms with van der Waals surface area (Å²) >= 11 is 3.01. The Labute approximate surface area is 114 Å². The Balaban J connectivity index is 3.35. The fraction of sp³-hybridized carbons (Fsp3) is 0.300. The van der Waals surface area contributed by atoms with E-state index in [9.17, 15) is 23.7 Å². The fourth-order valence-corrected chi connectivity index (χ4v) is 2.14. The van der Waals surface area contributed by atoms with E-state index in [1.54, 1.807) is 0 Å². The van der Waals surface area contributed by atoms with Crippen molar-refractivity contribution in [2.75, 3.05) is 0 Å². The Morgan fingerprint density at radius 3 is 2.58 bits per heavy atom. The number of benzene rings is 1. The lowest BCUT2D eigenvalue weighted by Crippen LogP contribution is -2.08. The second-order valence-corrected chi connectivity index (χ2v) is 3.98. The molecule has 0 aliphatic carbocycles. The molecule has 0 unspecified atom stereocenters. The highest BCUT2D eigenvalue weighted by atomic mass is 79.9. The number of ether oxygens (including phenoxy) is 1. The molecule has 0 bridgehead atoms. The number of carbonyl (C=O) groups is 1. The van der Waals surface area contributed by atoms with E-state index in [4.69, 9.17) is 5.11 Å². The number of aliphatic carboxylic acids is 1. The second kappa shape index (κ2) is 6.41. The molecular formula is C10H8BrF2NO5. The van der Waals surface area contributed by atoms with Gasteiger partial charge in [-0.25, -0.2) is 0 Å². The molecule has 1 N–H and O–H groups in total. The van der Waals surface area contributed by atoms with Crippen molar-refractivity contribution in [2.45, 2.75) is 18.4 Å². The lowest BCUT2D eigenvalue weighted by atomic mass is 10.0. The van der Waals surface area contributed by atoms with Crippen LogP contribution in [0.25, 0.3) is 0 Å². The van der Waals surface area contributed by atoms with E-state index in [1.807, 2.05) is 0 Å². The summed E-state index contributed by atoms with van der Waals surface area (Å²) in [6.45, 7) is -3.15. The Bertz CT molecular complexity index is 509. The molecule has 1 aromatic carbocycles. The predicted octanol–water partition coefficient (Wildman–Crippen LogP) is 2.72. The SMILES string of the molecule is O=C(O)Cc1cc(OC(F)F)cc([N+](=O)[O-])c1CBr. The number of nitrogens with zero attached hydrogens (tertiary/aromatic N) is 1. The number of alkyl halides is 3. The first kappa shape index (κ1) is 15.3. The molecule has 0 heterocycles. The molecule has 0 aromatic heterocycles. The van der Waals surface area contributed by atoms with Crippen LogP contribution in [0, 0.1) is 10.1 Å². The molecule has 0 radical (unpaired) electrons. The second-order valence-electron chi connectivity index (χ2n) is 3.42. The molecule has 0 aliphatic rings. The molecule has 0 saturated heterocycles. The van der Waals surface area contributed by atoms with Gasteiger partial charge in [0.1, 0.15) is 5.75 Å². The van der Waals surface area contributed by atoms with Gasteiger partial charge in [0.2, 0.25) is 0 Å². The predicted molar refractivity (Wildman–Crippen MR) is 63.7 cm³/mol. The zero-order valence-corrected chi connectivity index (χ0v) is 10.9. The normalized spacial score (nSPS) is 10.5. The minimum atomic E-state index is -3.15. The van der Waals surface area contributed by atoms with Crippen LogP contribution in [0.4, 0.5) is 14.5 Å². The average Bonchev–Trinajstić information content (AvgIpc) is 2.26. The van der Waals surface area contributed by atoms with Crippen molar-refractivity contribution >= 4 is 27.6 Å². The van der Waals surface area contributed by atoms with Gasteiger partial charge in [-0.1, -0.05) is 15.9 Å². The third kappa shape index (κ3) is 4.12. The number of hydrogen-bond donors (Lipinski definition) is 1. The summed E-state index contributed by atoms with van der Waals surface area (Å²) in [5.74, 6) is -1.67. The van der Waals surface area contributed by atoms with Crippen LogP contribution < -0.4 is 4.74 Å². The number of nitro benzene ring substituents is 1. The van der Waals surface area contributed by atoms with Crippen molar-refractivity contribution in [1.82, 2.24) is 0 Å². The zero-order valence-electron chi connectivity index (χ0n) is 9.31. The molecular weight excluding hydrogens is 332 g/mol. The molecule has 0 saturated carbocycles. The van der Waals surface area contributed by atoms with Gasteiger partial charge >= 0.3 is 12.6 Å². The molecule has 1 aromatic rings. The van der Waals surface area contributed by atoms with Gasteiger partial charge in [0.05, 0.1) is 17.4 Å². The van der Waals surface area contributed by atoms with Gasteiger partial charge in [-0.15, -0.1) is 0 Å². The standard InChI is InChI=1S/C10H8BrF2NO5/c11-4-7-5(2-9(15)16)1-6(19-10(12)13)3-8(7)14(17)18/h1,3,10H,2,4H2,(H,15,16). The van der Waals surface area contributed by atoms with Gasteiger partial charge in [0.25, 0.3) is 5.69 Å². The summed E-state index contributed by atoms with van der Waals surface area (Å²) < 4.78 is 28.3. The molecule has 6 nitrogen and oxygen atoms in total. The Morgan fingerprint density at radius 1 is 1.53 bits per heavy atom. The number of nitro groups is 1. The van der Waals surface area contributed by atoms with Gasteiger partial charge in [-0.2, -0.15) is 8.78 Å². The lowest BCUT2D eigenvalue weighted by molar-refractivity contribution is -0.385. The van der Waals surface area contributed by atoms with Gasteiger partial charge in [-0.3, -0.25) is 14.9 Å². The highest BCUT2D eigenvalue weighted by molar-refractivity contribution is 9.08. The maximum absolute atomic E-state index is 12.1. The molecule has 0 fully saturated rings. The van der Waals surface area contributed by atoms with E-state index in [-0.39, 0.29) is 16.5 Å². The first-order valence-electron chi connectivity index (χ1n) is 4.88. The summed E-state index contributed by atoms with van der Waals surface area (Å²) in [6, 6.07) is 1.90. The van der Waals surface area contributed by atoms with Crippen molar-refractivity contribution in [3.63, 3.8) is 0 Å². The number of rotatable bonds is 6. The first-order chi connectivity index (χ1) is 8.85. The summed E-state index contributed by atoms with van der Waals surface area (Å²) in [4.78, 5) is 20.8. The Hall–Kier alpha value is -1.77. The summed E-state index contributed by atoms with van der Waals surface area (Å²) in [5, 5.41) is 19.6. The van der Waals surface area contributed by atoms with Crippen LogP contribution >= 0.6 is 15.9 Å². The van der Waals surface area contributed by atoms with Gasteiger partial charge in [0, 0.05) is 10.9 Å². The molecule has 19 heavy (non-hydrogen) atoms. The van der Waals surface area contributed by atoms with Crippen molar-refractivity contribution in [3.05, 3.63) is 33.4 Å². The van der Waals surface area contributed by atoms with E-state index in [0.717, 1.165) is 12.1 Å². The topological polar surface area (TPSA) is 89.7 Å². The maximum atomic E-state index is 12.1. The van der Waals surface area contributed by atoms with Crippen molar-refractivity contribution in [1.29, 1.82) is 0 Å². The minimum absolute atomic E-state index is 0.0287. The van der Waals surface area contributed by atoms with Crippen LogP contribution in [0.3, 0.4) is 0 Å². The van der Waals surface area contributed by atoms with Crippen molar-refractivity contribution in [2.24, 2.45) is 0 Å². The number of carboxylic acids is 1. The first-order valence-corrected chi connectivity index (χ1v) is 6.00. The minimum Gasteiger partial charge on any atom is -0.481 e. The quantitative estimate of drug-likeness (QED) is 0.489. The largest absolute Gasteiger partial charge is 0.481 e. The summed E-state index contributed by atoms with van der Waals surface area (Å²) in [5.41, 5.74) is -0.297. The lowest BCUT2D eigenvalue weighted by Gasteiger charge is -2.10. The summed E-state index contributed by atoms with van der Waals surface area (Å²) in [7, 11) is 0. The van der Waals surface area contributed by atoms with Crippen LogP contribution in [-0.2, 0) is 16.5 Å². The number of carboxylic acid groups (broad SMARTS) is 1. The highest BCUT2D eigenvalue weighted by Crippen LogP contribution is 2.31. The molecule has 0 atom stereocenters. The molecule has 0 spiro atoms. The van der Waals surface area contributed by atoms with Crippen LogP contribution in [-0.4, -0.2) is 22.6 Å². The van der Waals surface area contributed by atoms with Crippen LogP contribution in [0.15, 0.2) is 12.1 Å². The van der Waals surface area contributed by atoms with Gasteiger partial charge < -0.3 is 9.84 Å². The molecule has 1 rings (SSSR count). The molecule has 104 valence electrons. The molecule has 0 aliphatic heterocycles. The van der Waals surface area contributed by atoms with Crippen LogP contribution in [0.2, 0.25) is 0 Å². The fourth-order valence-electron chi connectivity index (χ4n) is 1.50. The van der Waals surface area contributed by atoms with Crippen molar-refractivity contribution in [3.8, 4) is 5.75 Å². The van der Waals surface area contributed by atoms with Gasteiger partial charge in [0.15, 0.2) is 0 Å². The van der Waals surface area contributed by atoms with E-state index < -0.39 is 35.4 Å². The monoisotopic (exact) mass is 339 g/mol. The third-order valence-corrected chi connectivity index (χ3v) is 2.75. The summed E-state index contributed by atoms with van der Waals surface area (Å²) in [6.07, 6.45) is -0.526. The number of halogens is 3. The van der Waals surface area contributed by atoms with E-state index in [0.29, 0.717) is 0 Å². The molecule has 9 heteroatoms. The van der Waals surface area contributed by atoms with Crippen LogP contribution in [0.1, 0.15) is 11.1 Å². The van der Waals surface area contributed by atoms with E-state index in [2.05, 4.69) is 20.7 Å². The highest BCUT2D eigenvalue weighted by Gasteiger charge is 2.21. The average molecular weight is 340 g/mol. The Kier molecular flexibility index (Phi) is 5.16. The van der Waals surface area contributed by atoms with Crippen molar-refractivity contribution < 1.29 is 28.3 Å². The van der Waals surface area contributed by atoms with E-state index in [1.165, 1.54) is 0 Å². The van der Waals surface area contributed by atoms with Gasteiger partial charge in [-0.05, 0) is 11.6 Å². The smallest absolute Gasteiger partial charge is 0.387 e. The number of hydrogen-bond acceptors (Lipinski definition) is 4. The van der Waals surface area contributed by atoms with E-state index >= 15 is 0 Å². The van der Waals surface area contributed by atoms with Crippen LogP contribution in [0.5, 0.6) is 5.75 Å². The Morgan fingerprint density at radius 2 is 2.16 bits per heavy atom. The zero-order chi connectivity index (χ0) is 14.6. The maximum Gasteiger partial charge on any atom is 0.387 e.